The van der Waals surface area contributed by atoms with E-state index in [0.29, 0.717) is 17.5 Å². The van der Waals surface area contributed by atoms with E-state index in [-0.39, 0.29) is 44.1 Å². The minimum absolute atomic E-state index is 0.0109. The van der Waals surface area contributed by atoms with Gasteiger partial charge in [0.25, 0.3) is 0 Å². The number of carbonyl (C=O) groups is 4. The number of amides is 4. The maximum atomic E-state index is 13.6. The van der Waals surface area contributed by atoms with E-state index in [9.17, 15) is 28.7 Å². The number of likely N-dealkylation sites (N-methyl/N-ethyl adjacent to an activating group) is 1. The SMILES string of the molecule is CCN(C(=O)CNC(=O)[C@@H](CCCN=C(N)N)NC(=O)[C@@H](N)Cc1ccc(O)cc1)[C@H](Cc1cccc(F)c1)C(N)=O. The molecule has 0 saturated heterocycles. The molecule has 14 heteroatoms. The zero-order valence-corrected chi connectivity index (χ0v) is 23.5. The summed E-state index contributed by atoms with van der Waals surface area (Å²) in [5, 5.41) is 14.6. The van der Waals surface area contributed by atoms with Crippen LogP contribution in [0.1, 0.15) is 30.9 Å². The van der Waals surface area contributed by atoms with Gasteiger partial charge in [-0.25, -0.2) is 4.39 Å². The Bertz CT molecular complexity index is 1250. The third kappa shape index (κ3) is 11.0. The molecule has 0 fully saturated rings. The summed E-state index contributed by atoms with van der Waals surface area (Å²) in [6.07, 6.45) is 0.604. The van der Waals surface area contributed by atoms with Crippen LogP contribution in [0, 0.1) is 5.82 Å². The van der Waals surface area contributed by atoms with E-state index in [1.807, 2.05) is 0 Å². The predicted octanol–water partition coefficient (Wildman–Crippen LogP) is -0.999. The van der Waals surface area contributed by atoms with Crippen molar-refractivity contribution in [3.05, 3.63) is 65.5 Å². The summed E-state index contributed by atoms with van der Waals surface area (Å²) < 4.78 is 13.6. The van der Waals surface area contributed by atoms with E-state index in [0.717, 1.165) is 0 Å². The number of rotatable bonds is 16. The molecule has 0 bridgehead atoms. The van der Waals surface area contributed by atoms with Crippen LogP contribution in [0.5, 0.6) is 5.75 Å². The molecule has 2 aromatic rings. The molecule has 42 heavy (non-hydrogen) atoms. The number of nitrogens with one attached hydrogen (secondary N) is 2. The van der Waals surface area contributed by atoms with Gasteiger partial charge in [-0.15, -0.1) is 0 Å². The lowest BCUT2D eigenvalue weighted by atomic mass is 10.0. The number of primary amides is 1. The second-order valence-corrected chi connectivity index (χ2v) is 9.64. The summed E-state index contributed by atoms with van der Waals surface area (Å²) in [5.41, 5.74) is 23.5. The van der Waals surface area contributed by atoms with Gasteiger partial charge in [0, 0.05) is 19.5 Å². The van der Waals surface area contributed by atoms with Crippen LogP contribution in [0.3, 0.4) is 0 Å². The zero-order chi connectivity index (χ0) is 31.2. The van der Waals surface area contributed by atoms with E-state index in [4.69, 9.17) is 22.9 Å². The molecule has 3 atom stereocenters. The van der Waals surface area contributed by atoms with Gasteiger partial charge in [-0.1, -0.05) is 24.3 Å². The van der Waals surface area contributed by atoms with Crippen molar-refractivity contribution in [3.63, 3.8) is 0 Å². The van der Waals surface area contributed by atoms with Crippen LogP contribution < -0.4 is 33.6 Å². The highest BCUT2D eigenvalue weighted by Crippen LogP contribution is 2.13. The van der Waals surface area contributed by atoms with Crippen LogP contribution in [0.4, 0.5) is 4.39 Å². The van der Waals surface area contributed by atoms with Gasteiger partial charge in [0.2, 0.25) is 23.6 Å². The Balaban J connectivity index is 2.08. The topological polar surface area (TPSA) is 232 Å². The van der Waals surface area contributed by atoms with Crippen LogP contribution >= 0.6 is 0 Å². The van der Waals surface area contributed by atoms with Crippen molar-refractivity contribution in [2.24, 2.45) is 27.9 Å². The van der Waals surface area contributed by atoms with E-state index in [1.165, 1.54) is 35.2 Å². The molecule has 0 aliphatic carbocycles. The number of aliphatic imine (C=N–C) groups is 1. The van der Waals surface area contributed by atoms with E-state index in [1.54, 1.807) is 25.1 Å². The number of benzene rings is 2. The second kappa shape index (κ2) is 16.5. The molecule has 0 saturated carbocycles. The third-order valence-electron chi connectivity index (χ3n) is 6.40. The summed E-state index contributed by atoms with van der Waals surface area (Å²) in [4.78, 5) is 56.3. The number of nitrogens with two attached hydrogens (primary N) is 4. The fourth-order valence-corrected chi connectivity index (χ4v) is 4.24. The number of carbonyl (C=O) groups excluding carboxylic acids is 4. The van der Waals surface area contributed by atoms with Gasteiger partial charge in [-0.2, -0.15) is 0 Å². The molecule has 0 aliphatic rings. The molecule has 0 heterocycles. The highest BCUT2D eigenvalue weighted by molar-refractivity contribution is 5.93. The largest absolute Gasteiger partial charge is 0.508 e. The van der Waals surface area contributed by atoms with Gasteiger partial charge in [0.05, 0.1) is 12.6 Å². The van der Waals surface area contributed by atoms with Gasteiger partial charge in [-0.05, 0) is 61.6 Å². The molecular formula is C28H39FN8O5. The average Bonchev–Trinajstić information content (AvgIpc) is 2.94. The maximum absolute atomic E-state index is 13.6. The van der Waals surface area contributed by atoms with Crippen LogP contribution in [0.25, 0.3) is 0 Å². The van der Waals surface area contributed by atoms with Crippen molar-refractivity contribution < 1.29 is 28.7 Å². The molecule has 11 N–H and O–H groups in total. The highest BCUT2D eigenvalue weighted by Gasteiger charge is 2.29. The second-order valence-electron chi connectivity index (χ2n) is 9.64. The van der Waals surface area contributed by atoms with Crippen molar-refractivity contribution in [2.45, 2.75) is 50.7 Å². The van der Waals surface area contributed by atoms with Crippen molar-refractivity contribution in [2.75, 3.05) is 19.6 Å². The Labute approximate surface area is 243 Å². The molecule has 13 nitrogen and oxygen atoms in total. The molecule has 0 aliphatic heterocycles. The summed E-state index contributed by atoms with van der Waals surface area (Å²) in [6.45, 7) is 1.45. The number of aromatic hydroxyl groups is 1. The highest BCUT2D eigenvalue weighted by atomic mass is 19.1. The molecule has 0 radical (unpaired) electrons. The number of hydrogen-bond donors (Lipinski definition) is 7. The molecule has 0 unspecified atom stereocenters. The van der Waals surface area contributed by atoms with Crippen molar-refractivity contribution >= 4 is 29.6 Å². The Kier molecular flexibility index (Phi) is 13.2. The molecule has 0 aromatic heterocycles. The maximum Gasteiger partial charge on any atom is 0.243 e. The fraction of sp³-hybridized carbons (Fsp3) is 0.393. The van der Waals surface area contributed by atoms with Crippen LogP contribution in [0.15, 0.2) is 53.5 Å². The third-order valence-corrected chi connectivity index (χ3v) is 6.40. The minimum Gasteiger partial charge on any atom is -0.508 e. The molecule has 228 valence electrons. The fourth-order valence-electron chi connectivity index (χ4n) is 4.24. The number of guanidine groups is 1. The standard InChI is InChI=1S/C28H39FN8O5/c1-2-37(23(25(31)40)15-18-5-3-6-19(29)13-18)24(39)16-35-27(42)22(7-4-12-34-28(32)33)36-26(41)21(30)14-17-8-10-20(38)11-9-17/h3,5-6,8-11,13,21-23,38H,2,4,7,12,14-16,30H2,1H3,(H2,31,40)(H,35,42)(H,36,41)(H4,32,33,34)/t21-,22+,23+/m0/s1. The van der Waals surface area contributed by atoms with Gasteiger partial charge >= 0.3 is 0 Å². The summed E-state index contributed by atoms with van der Waals surface area (Å²) in [5.74, 6) is -3.18. The number of nitrogens with zero attached hydrogens (tertiary/aromatic N) is 2. The first kappa shape index (κ1) is 33.5. The van der Waals surface area contributed by atoms with Gasteiger partial charge in [0.1, 0.15) is 23.7 Å². The zero-order valence-electron chi connectivity index (χ0n) is 23.5. The molecule has 2 rings (SSSR count). The minimum atomic E-state index is -1.07. The number of halogens is 1. The van der Waals surface area contributed by atoms with Crippen molar-refractivity contribution in [1.29, 1.82) is 0 Å². The predicted molar refractivity (Wildman–Crippen MR) is 155 cm³/mol. The number of phenols is 1. The quantitative estimate of drug-likeness (QED) is 0.0730. The Morgan fingerprint density at radius 2 is 1.69 bits per heavy atom. The molecular weight excluding hydrogens is 547 g/mol. The monoisotopic (exact) mass is 586 g/mol. The van der Waals surface area contributed by atoms with Gasteiger partial charge < -0.3 is 43.6 Å². The first-order valence-corrected chi connectivity index (χ1v) is 13.4. The lowest BCUT2D eigenvalue weighted by molar-refractivity contribution is -0.139. The smallest absolute Gasteiger partial charge is 0.243 e. The summed E-state index contributed by atoms with van der Waals surface area (Å²) in [7, 11) is 0. The van der Waals surface area contributed by atoms with Crippen LogP contribution in [0.2, 0.25) is 0 Å². The molecule has 0 spiro atoms. The number of phenolic OH excluding ortho intramolecular Hbond substituents is 1. The van der Waals surface area contributed by atoms with E-state index < -0.39 is 54.1 Å². The lowest BCUT2D eigenvalue weighted by Gasteiger charge is -2.29. The van der Waals surface area contributed by atoms with Crippen LogP contribution in [-0.4, -0.2) is 77.4 Å². The molecule has 2 aromatic carbocycles. The van der Waals surface area contributed by atoms with Gasteiger partial charge in [-0.3, -0.25) is 24.2 Å². The Hall–Kier alpha value is -4.72. The lowest BCUT2D eigenvalue weighted by Crippen LogP contribution is -2.55. The van der Waals surface area contributed by atoms with Crippen molar-refractivity contribution in [1.82, 2.24) is 15.5 Å². The Morgan fingerprint density at radius 1 is 1.00 bits per heavy atom. The van der Waals surface area contributed by atoms with Gasteiger partial charge in [0.15, 0.2) is 5.96 Å². The van der Waals surface area contributed by atoms with Crippen molar-refractivity contribution in [3.8, 4) is 5.75 Å². The van der Waals surface area contributed by atoms with E-state index in [2.05, 4.69) is 15.6 Å². The summed E-state index contributed by atoms with van der Waals surface area (Å²) in [6, 6.07) is 8.65. The Morgan fingerprint density at radius 3 is 2.29 bits per heavy atom. The average molecular weight is 587 g/mol. The first-order chi connectivity index (χ1) is 19.9. The summed E-state index contributed by atoms with van der Waals surface area (Å²) >= 11 is 0. The number of hydrogen-bond acceptors (Lipinski definition) is 7. The molecule has 4 amide bonds. The first-order valence-electron chi connectivity index (χ1n) is 13.4. The van der Waals surface area contributed by atoms with Crippen LogP contribution in [-0.2, 0) is 32.0 Å². The van der Waals surface area contributed by atoms with E-state index >= 15 is 0 Å². The normalized spacial score (nSPS) is 12.8.